The first kappa shape index (κ1) is 20.0. The minimum atomic E-state index is -0.367. The van der Waals surface area contributed by atoms with E-state index in [1.807, 2.05) is 0 Å². The zero-order valence-electron chi connectivity index (χ0n) is 15.4. The van der Waals surface area contributed by atoms with Crippen LogP contribution in [0.4, 0.5) is 0 Å². The van der Waals surface area contributed by atoms with E-state index in [1.54, 1.807) is 45.5 Å². The highest BCUT2D eigenvalue weighted by Gasteiger charge is 2.28. The Hall–Kier alpha value is -2.32. The molecule has 0 bridgehead atoms. The molecule has 1 aliphatic rings. The summed E-state index contributed by atoms with van der Waals surface area (Å²) < 4.78 is 21.6. The van der Waals surface area contributed by atoms with Gasteiger partial charge in [-0.05, 0) is 18.6 Å². The van der Waals surface area contributed by atoms with Crippen molar-refractivity contribution in [1.29, 1.82) is 0 Å². The van der Waals surface area contributed by atoms with Crippen LogP contribution in [0.5, 0.6) is 11.5 Å². The molecule has 26 heavy (non-hydrogen) atoms. The van der Waals surface area contributed by atoms with Gasteiger partial charge < -0.3 is 29.2 Å². The third kappa shape index (κ3) is 6.20. The van der Waals surface area contributed by atoms with Crippen LogP contribution in [0.2, 0.25) is 0 Å². The summed E-state index contributed by atoms with van der Waals surface area (Å²) in [7, 11) is 4.90. The lowest BCUT2D eigenvalue weighted by Gasteiger charge is -2.32. The van der Waals surface area contributed by atoms with Gasteiger partial charge in [0.25, 0.3) is 5.91 Å². The average Bonchev–Trinajstić information content (AvgIpc) is 2.65. The molecule has 0 radical (unpaired) electrons. The van der Waals surface area contributed by atoms with E-state index in [4.69, 9.17) is 18.9 Å². The van der Waals surface area contributed by atoms with Crippen molar-refractivity contribution in [1.82, 2.24) is 10.2 Å². The first-order chi connectivity index (χ1) is 12.5. The molecule has 0 aromatic heterocycles. The van der Waals surface area contributed by atoms with E-state index in [0.717, 1.165) is 0 Å². The molecule has 8 nitrogen and oxygen atoms in total. The Bertz CT molecular complexity index is 607. The molecule has 0 saturated carbocycles. The van der Waals surface area contributed by atoms with Crippen molar-refractivity contribution in [2.24, 2.45) is 0 Å². The highest BCUT2D eigenvalue weighted by molar-refractivity contribution is 5.78. The van der Waals surface area contributed by atoms with Gasteiger partial charge in [-0.15, -0.1) is 0 Å². The molecular weight excluding hydrogens is 340 g/mol. The van der Waals surface area contributed by atoms with Gasteiger partial charge in [0, 0.05) is 26.8 Å². The van der Waals surface area contributed by atoms with Crippen molar-refractivity contribution in [2.45, 2.75) is 18.6 Å². The Morgan fingerprint density at radius 1 is 1.27 bits per heavy atom. The standard InChI is InChI=1S/C18H26N2O6/c1-20(2)18(22)12-26-16-10-24-8-7-15(16)19-17(21)11-25-14-6-4-5-13(9-14)23-3/h4-6,9,15-16H,7-8,10-12H2,1-3H3,(H,19,21)/t15-,16-/m1/s1. The van der Waals surface area contributed by atoms with Crippen LogP contribution in [-0.4, -0.2) is 76.5 Å². The second kappa shape index (κ2) is 9.98. The van der Waals surface area contributed by atoms with Crippen molar-refractivity contribution in [3.63, 3.8) is 0 Å². The number of benzene rings is 1. The fraction of sp³-hybridized carbons (Fsp3) is 0.556. The lowest BCUT2D eigenvalue weighted by Crippen LogP contribution is -2.51. The summed E-state index contributed by atoms with van der Waals surface area (Å²) in [6.45, 7) is 0.702. The van der Waals surface area contributed by atoms with E-state index in [0.29, 0.717) is 31.1 Å². The van der Waals surface area contributed by atoms with Crippen molar-refractivity contribution in [2.75, 3.05) is 47.6 Å². The quantitative estimate of drug-likeness (QED) is 0.719. The summed E-state index contributed by atoms with van der Waals surface area (Å²) in [5.41, 5.74) is 0. The van der Waals surface area contributed by atoms with E-state index in [1.165, 1.54) is 4.90 Å². The highest BCUT2D eigenvalue weighted by Crippen LogP contribution is 2.18. The van der Waals surface area contributed by atoms with Gasteiger partial charge in [0.15, 0.2) is 6.61 Å². The topological polar surface area (TPSA) is 86.3 Å². The molecule has 0 unspecified atom stereocenters. The summed E-state index contributed by atoms with van der Waals surface area (Å²) in [4.78, 5) is 25.3. The third-order valence-corrected chi connectivity index (χ3v) is 3.98. The largest absolute Gasteiger partial charge is 0.497 e. The molecule has 144 valence electrons. The second-order valence-corrected chi connectivity index (χ2v) is 6.14. The fourth-order valence-corrected chi connectivity index (χ4v) is 2.44. The Morgan fingerprint density at radius 3 is 2.77 bits per heavy atom. The van der Waals surface area contributed by atoms with Crippen LogP contribution in [0.1, 0.15) is 6.42 Å². The zero-order chi connectivity index (χ0) is 18.9. The molecule has 2 amide bonds. The predicted octanol–water partition coefficient (Wildman–Crippen LogP) is 0.453. The monoisotopic (exact) mass is 366 g/mol. The number of nitrogens with one attached hydrogen (secondary N) is 1. The van der Waals surface area contributed by atoms with Gasteiger partial charge in [-0.25, -0.2) is 0 Å². The molecule has 1 heterocycles. The lowest BCUT2D eigenvalue weighted by molar-refractivity contribution is -0.141. The van der Waals surface area contributed by atoms with Gasteiger partial charge in [-0.1, -0.05) is 6.07 Å². The van der Waals surface area contributed by atoms with Gasteiger partial charge in [-0.2, -0.15) is 0 Å². The first-order valence-corrected chi connectivity index (χ1v) is 8.45. The Balaban J connectivity index is 1.81. The SMILES string of the molecule is COc1cccc(OCC(=O)N[C@@H]2CCOC[C@H]2OCC(=O)N(C)C)c1. The molecule has 1 aromatic rings. The molecule has 2 atom stereocenters. The van der Waals surface area contributed by atoms with Crippen LogP contribution in [0.3, 0.4) is 0 Å². The van der Waals surface area contributed by atoms with Crippen LogP contribution in [0.15, 0.2) is 24.3 Å². The molecule has 2 rings (SSSR count). The van der Waals surface area contributed by atoms with Gasteiger partial charge in [0.1, 0.15) is 24.2 Å². The van der Waals surface area contributed by atoms with Gasteiger partial charge in [0.2, 0.25) is 5.91 Å². The van der Waals surface area contributed by atoms with E-state index in [2.05, 4.69) is 5.32 Å². The number of hydrogen-bond acceptors (Lipinski definition) is 6. The Morgan fingerprint density at radius 2 is 2.04 bits per heavy atom. The second-order valence-electron chi connectivity index (χ2n) is 6.14. The van der Waals surface area contributed by atoms with Crippen LogP contribution in [0.25, 0.3) is 0 Å². The van der Waals surface area contributed by atoms with E-state index in [9.17, 15) is 9.59 Å². The summed E-state index contributed by atoms with van der Waals surface area (Å²) in [6.07, 6.45) is 0.250. The zero-order valence-corrected chi connectivity index (χ0v) is 15.4. The number of ether oxygens (including phenoxy) is 4. The van der Waals surface area contributed by atoms with Gasteiger partial charge in [-0.3, -0.25) is 9.59 Å². The number of likely N-dealkylation sites (N-methyl/N-ethyl adjacent to an activating group) is 1. The third-order valence-electron chi connectivity index (χ3n) is 3.98. The molecular formula is C18H26N2O6. The number of hydrogen-bond donors (Lipinski definition) is 1. The maximum Gasteiger partial charge on any atom is 0.258 e. The van der Waals surface area contributed by atoms with Gasteiger partial charge >= 0.3 is 0 Å². The normalized spacial score (nSPS) is 19.5. The lowest BCUT2D eigenvalue weighted by atomic mass is 10.1. The number of carbonyl (C=O) groups excluding carboxylic acids is 2. The number of carbonyl (C=O) groups is 2. The van der Waals surface area contributed by atoms with Crippen molar-refractivity contribution < 1.29 is 28.5 Å². The van der Waals surface area contributed by atoms with Crippen LogP contribution in [-0.2, 0) is 19.1 Å². The van der Waals surface area contributed by atoms with Crippen LogP contribution < -0.4 is 14.8 Å². The van der Waals surface area contributed by atoms with Crippen molar-refractivity contribution in [3.05, 3.63) is 24.3 Å². The van der Waals surface area contributed by atoms with Crippen LogP contribution >= 0.6 is 0 Å². The predicted molar refractivity (Wildman–Crippen MR) is 94.3 cm³/mol. The van der Waals surface area contributed by atoms with E-state index in [-0.39, 0.29) is 37.2 Å². The molecule has 0 aliphatic carbocycles. The summed E-state index contributed by atoms with van der Waals surface area (Å²) >= 11 is 0. The van der Waals surface area contributed by atoms with E-state index < -0.39 is 0 Å². The van der Waals surface area contributed by atoms with Gasteiger partial charge in [0.05, 0.1) is 19.8 Å². The minimum absolute atomic E-state index is 0.0479. The molecule has 8 heteroatoms. The van der Waals surface area contributed by atoms with E-state index >= 15 is 0 Å². The number of nitrogens with zero attached hydrogens (tertiary/aromatic N) is 1. The smallest absolute Gasteiger partial charge is 0.258 e. The molecule has 1 aromatic carbocycles. The number of methoxy groups -OCH3 is 1. The highest BCUT2D eigenvalue weighted by atomic mass is 16.5. The summed E-state index contributed by atoms with van der Waals surface area (Å²) in [6, 6.07) is 6.83. The average molecular weight is 366 g/mol. The minimum Gasteiger partial charge on any atom is -0.497 e. The maximum atomic E-state index is 12.2. The first-order valence-electron chi connectivity index (χ1n) is 8.45. The van der Waals surface area contributed by atoms with Crippen molar-refractivity contribution >= 4 is 11.8 Å². The molecule has 1 N–H and O–H groups in total. The summed E-state index contributed by atoms with van der Waals surface area (Å²) in [5.74, 6) is 0.816. The molecule has 1 aliphatic heterocycles. The Kier molecular flexibility index (Phi) is 7.68. The molecule has 1 fully saturated rings. The number of rotatable bonds is 8. The van der Waals surface area contributed by atoms with Crippen molar-refractivity contribution in [3.8, 4) is 11.5 Å². The summed E-state index contributed by atoms with van der Waals surface area (Å²) in [5, 5.41) is 2.90. The molecule has 1 saturated heterocycles. The number of amides is 2. The fourth-order valence-electron chi connectivity index (χ4n) is 2.44. The Labute approximate surface area is 153 Å². The molecule has 0 spiro atoms. The van der Waals surface area contributed by atoms with Crippen LogP contribution in [0, 0.1) is 0 Å². The maximum absolute atomic E-state index is 12.2.